The molecule has 1 unspecified atom stereocenters. The number of rotatable bonds is 3. The van der Waals surface area contributed by atoms with E-state index in [4.69, 9.17) is 0 Å². The molecule has 0 aliphatic rings. The number of thiophene rings is 1. The van der Waals surface area contributed by atoms with Gasteiger partial charge in [0.25, 0.3) is 0 Å². The van der Waals surface area contributed by atoms with E-state index in [1.165, 1.54) is 0 Å². The first-order valence-corrected chi connectivity index (χ1v) is 6.49. The molecule has 2 rings (SSSR count). The van der Waals surface area contributed by atoms with Crippen molar-refractivity contribution < 1.29 is 4.21 Å². The standard InChI is InChI=1S/C11H9NOS2/c13-15(11-5-1-2-7-12-11)9-6-10-4-3-8-14-10/h1-9H/b9-6+. The van der Waals surface area contributed by atoms with Gasteiger partial charge in [-0.3, -0.25) is 0 Å². The third-order valence-electron chi connectivity index (χ3n) is 1.74. The molecule has 0 N–H and O–H groups in total. The van der Waals surface area contributed by atoms with Gasteiger partial charge in [-0.2, -0.15) is 0 Å². The third kappa shape index (κ3) is 2.84. The van der Waals surface area contributed by atoms with Crippen LogP contribution in [0.4, 0.5) is 0 Å². The lowest BCUT2D eigenvalue weighted by molar-refractivity contribution is 0.686. The summed E-state index contributed by atoms with van der Waals surface area (Å²) in [6.07, 6.45) is 3.50. The first-order valence-electron chi connectivity index (χ1n) is 4.39. The van der Waals surface area contributed by atoms with Crippen molar-refractivity contribution in [3.63, 3.8) is 0 Å². The highest BCUT2D eigenvalue weighted by molar-refractivity contribution is 7.88. The van der Waals surface area contributed by atoms with Crippen LogP contribution in [-0.4, -0.2) is 9.19 Å². The quantitative estimate of drug-likeness (QED) is 0.818. The zero-order valence-electron chi connectivity index (χ0n) is 7.87. The summed E-state index contributed by atoms with van der Waals surface area (Å²) >= 11 is 1.62. The van der Waals surface area contributed by atoms with Gasteiger partial charge in [-0.1, -0.05) is 12.1 Å². The van der Waals surface area contributed by atoms with Gasteiger partial charge in [-0.15, -0.1) is 11.3 Å². The summed E-state index contributed by atoms with van der Waals surface area (Å²) in [5.41, 5.74) is 0. The Hall–Kier alpha value is -1.26. The van der Waals surface area contributed by atoms with Crippen LogP contribution >= 0.6 is 11.3 Å². The Morgan fingerprint density at radius 3 is 2.87 bits per heavy atom. The number of hydrogen-bond donors (Lipinski definition) is 0. The molecule has 0 fully saturated rings. The van der Waals surface area contributed by atoms with E-state index in [0.717, 1.165) is 4.88 Å². The number of nitrogens with zero attached hydrogens (tertiary/aromatic N) is 1. The largest absolute Gasteiger partial charge is 0.248 e. The van der Waals surface area contributed by atoms with Gasteiger partial charge in [0.2, 0.25) is 0 Å². The molecule has 15 heavy (non-hydrogen) atoms. The summed E-state index contributed by atoms with van der Waals surface area (Å²) < 4.78 is 11.7. The van der Waals surface area contributed by atoms with Gasteiger partial charge < -0.3 is 0 Å². The van der Waals surface area contributed by atoms with Crippen molar-refractivity contribution in [3.05, 3.63) is 52.2 Å². The third-order valence-corrected chi connectivity index (χ3v) is 3.62. The predicted octanol–water partition coefficient (Wildman–Crippen LogP) is 2.92. The van der Waals surface area contributed by atoms with E-state index in [1.807, 2.05) is 35.7 Å². The fourth-order valence-electron chi connectivity index (χ4n) is 1.05. The fourth-order valence-corrected chi connectivity index (χ4v) is 2.54. The van der Waals surface area contributed by atoms with Crippen LogP contribution < -0.4 is 0 Å². The Labute approximate surface area is 94.8 Å². The molecule has 0 saturated heterocycles. The SMILES string of the molecule is O=S(/C=C/c1cccs1)c1ccccn1. The maximum atomic E-state index is 11.7. The molecule has 0 spiro atoms. The van der Waals surface area contributed by atoms with E-state index in [2.05, 4.69) is 4.98 Å². The lowest BCUT2D eigenvalue weighted by Gasteiger charge is -1.93. The van der Waals surface area contributed by atoms with Crippen LogP contribution in [0.5, 0.6) is 0 Å². The molecule has 2 aromatic heterocycles. The van der Waals surface area contributed by atoms with Gasteiger partial charge in [0.1, 0.15) is 5.03 Å². The Bertz CT molecular complexity index is 463. The zero-order chi connectivity index (χ0) is 10.5. The zero-order valence-corrected chi connectivity index (χ0v) is 9.50. The van der Waals surface area contributed by atoms with Crippen LogP contribution in [0.15, 0.2) is 52.3 Å². The molecule has 2 nitrogen and oxygen atoms in total. The van der Waals surface area contributed by atoms with Crippen LogP contribution in [0.1, 0.15) is 4.88 Å². The highest BCUT2D eigenvalue weighted by Gasteiger charge is 1.98. The van der Waals surface area contributed by atoms with Crippen LogP contribution in [-0.2, 0) is 10.8 Å². The van der Waals surface area contributed by atoms with Crippen molar-refractivity contribution in [2.24, 2.45) is 0 Å². The summed E-state index contributed by atoms with van der Waals surface area (Å²) in [5, 5.41) is 4.24. The van der Waals surface area contributed by atoms with E-state index in [1.54, 1.807) is 29.0 Å². The van der Waals surface area contributed by atoms with E-state index >= 15 is 0 Å². The van der Waals surface area contributed by atoms with Crippen LogP contribution in [0.3, 0.4) is 0 Å². The molecule has 0 radical (unpaired) electrons. The number of pyridine rings is 1. The fraction of sp³-hybridized carbons (Fsp3) is 0. The minimum Gasteiger partial charge on any atom is -0.248 e. The van der Waals surface area contributed by atoms with Crippen LogP contribution in [0.25, 0.3) is 6.08 Å². The normalized spacial score (nSPS) is 13.1. The average molecular weight is 235 g/mol. The summed E-state index contributed by atoms with van der Waals surface area (Å²) in [6.45, 7) is 0. The van der Waals surface area contributed by atoms with E-state index in [9.17, 15) is 4.21 Å². The van der Waals surface area contributed by atoms with E-state index in [-0.39, 0.29) is 0 Å². The first-order chi connectivity index (χ1) is 7.36. The monoisotopic (exact) mass is 235 g/mol. The molecule has 76 valence electrons. The second-order valence-electron chi connectivity index (χ2n) is 2.78. The molecule has 4 heteroatoms. The summed E-state index contributed by atoms with van der Waals surface area (Å²) in [5.74, 6) is 0. The summed E-state index contributed by atoms with van der Waals surface area (Å²) in [4.78, 5) is 5.13. The first kappa shape index (κ1) is 10.3. The molecule has 2 aromatic rings. The highest BCUT2D eigenvalue weighted by atomic mass is 32.2. The number of hydrogen-bond acceptors (Lipinski definition) is 3. The average Bonchev–Trinajstić information content (AvgIpc) is 2.80. The van der Waals surface area contributed by atoms with Gasteiger partial charge in [0.05, 0.1) is 10.8 Å². The minimum atomic E-state index is -1.15. The van der Waals surface area contributed by atoms with Crippen molar-refractivity contribution in [3.8, 4) is 0 Å². The lowest BCUT2D eigenvalue weighted by atomic mass is 10.5. The van der Waals surface area contributed by atoms with E-state index < -0.39 is 10.8 Å². The van der Waals surface area contributed by atoms with Gasteiger partial charge in [0.15, 0.2) is 0 Å². The van der Waals surface area contributed by atoms with Crippen molar-refractivity contribution in [2.75, 3.05) is 0 Å². The Morgan fingerprint density at radius 2 is 2.20 bits per heavy atom. The lowest BCUT2D eigenvalue weighted by Crippen LogP contribution is -1.88. The molecule has 0 amide bonds. The Balaban J connectivity index is 2.11. The summed E-state index contributed by atoms with van der Waals surface area (Å²) in [7, 11) is -1.15. The molecule has 0 bridgehead atoms. The Morgan fingerprint density at radius 1 is 1.27 bits per heavy atom. The van der Waals surface area contributed by atoms with Gasteiger partial charge >= 0.3 is 0 Å². The molecule has 0 aliphatic heterocycles. The van der Waals surface area contributed by atoms with Gasteiger partial charge in [-0.25, -0.2) is 9.19 Å². The Kier molecular flexibility index (Phi) is 3.42. The molecule has 0 aromatic carbocycles. The second kappa shape index (κ2) is 5.00. The minimum absolute atomic E-state index is 0.588. The van der Waals surface area contributed by atoms with Crippen LogP contribution in [0.2, 0.25) is 0 Å². The molecular formula is C11H9NOS2. The molecule has 0 aliphatic carbocycles. The van der Waals surface area contributed by atoms with Crippen molar-refractivity contribution in [2.45, 2.75) is 5.03 Å². The highest BCUT2D eigenvalue weighted by Crippen LogP contribution is 2.12. The maximum absolute atomic E-state index is 11.7. The molecule has 0 saturated carbocycles. The smallest absolute Gasteiger partial charge is 0.131 e. The van der Waals surface area contributed by atoms with Crippen molar-refractivity contribution >= 4 is 28.2 Å². The number of aromatic nitrogens is 1. The molecule has 1 atom stereocenters. The van der Waals surface area contributed by atoms with Gasteiger partial charge in [-0.05, 0) is 29.7 Å². The predicted molar refractivity (Wildman–Crippen MR) is 64.0 cm³/mol. The van der Waals surface area contributed by atoms with Crippen molar-refractivity contribution in [1.82, 2.24) is 4.98 Å². The van der Waals surface area contributed by atoms with Crippen molar-refractivity contribution in [1.29, 1.82) is 0 Å². The molecule has 2 heterocycles. The van der Waals surface area contributed by atoms with E-state index in [0.29, 0.717) is 5.03 Å². The molecular weight excluding hydrogens is 226 g/mol. The topological polar surface area (TPSA) is 30.0 Å². The van der Waals surface area contributed by atoms with Crippen LogP contribution in [0, 0.1) is 0 Å². The second-order valence-corrected chi connectivity index (χ2v) is 5.05. The summed E-state index contributed by atoms with van der Waals surface area (Å²) in [6, 6.07) is 9.35. The van der Waals surface area contributed by atoms with Gasteiger partial charge in [0, 0.05) is 16.5 Å². The maximum Gasteiger partial charge on any atom is 0.131 e.